The first-order chi connectivity index (χ1) is 12.4. The molecule has 3 N–H and O–H groups in total. The van der Waals surface area contributed by atoms with E-state index in [-0.39, 0.29) is 18.7 Å². The molecule has 0 aromatic carbocycles. The second kappa shape index (κ2) is 8.98. The van der Waals surface area contributed by atoms with E-state index >= 15 is 0 Å². The summed E-state index contributed by atoms with van der Waals surface area (Å²) in [6, 6.07) is 3.88. The van der Waals surface area contributed by atoms with Crippen LogP contribution in [0.5, 0.6) is 0 Å². The van der Waals surface area contributed by atoms with Crippen LogP contribution in [-0.4, -0.2) is 33.9 Å². The van der Waals surface area contributed by atoms with Gasteiger partial charge >= 0.3 is 5.69 Å². The van der Waals surface area contributed by atoms with E-state index in [0.29, 0.717) is 17.8 Å². The van der Waals surface area contributed by atoms with Crippen molar-refractivity contribution in [2.24, 2.45) is 0 Å². The molecule has 8 heteroatoms. The Labute approximate surface area is 151 Å². The van der Waals surface area contributed by atoms with Crippen molar-refractivity contribution in [3.05, 3.63) is 56.0 Å². The van der Waals surface area contributed by atoms with Crippen molar-refractivity contribution >= 4 is 11.7 Å². The lowest BCUT2D eigenvalue weighted by Crippen LogP contribution is -2.29. The number of aromatic amines is 2. The maximum absolute atomic E-state index is 12.0. The van der Waals surface area contributed by atoms with Crippen molar-refractivity contribution in [2.75, 3.05) is 18.0 Å². The molecule has 2 heterocycles. The number of nitrogens with one attached hydrogen (secondary N) is 3. The van der Waals surface area contributed by atoms with Crippen LogP contribution in [0.3, 0.4) is 0 Å². The zero-order valence-corrected chi connectivity index (χ0v) is 15.4. The first-order valence-electron chi connectivity index (χ1n) is 8.73. The van der Waals surface area contributed by atoms with Crippen LogP contribution in [0.2, 0.25) is 0 Å². The topological polar surface area (TPSA) is 111 Å². The van der Waals surface area contributed by atoms with Crippen LogP contribution in [0, 0.1) is 6.92 Å². The van der Waals surface area contributed by atoms with Gasteiger partial charge in [-0.05, 0) is 38.8 Å². The predicted molar refractivity (Wildman–Crippen MR) is 100 cm³/mol. The van der Waals surface area contributed by atoms with Gasteiger partial charge in [0.2, 0.25) is 5.91 Å². The summed E-state index contributed by atoms with van der Waals surface area (Å²) in [6.45, 7) is 7.97. The number of aryl methyl sites for hydroxylation is 1. The number of amides is 1. The van der Waals surface area contributed by atoms with E-state index in [1.807, 2.05) is 12.1 Å². The van der Waals surface area contributed by atoms with Crippen molar-refractivity contribution in [3.8, 4) is 0 Å². The summed E-state index contributed by atoms with van der Waals surface area (Å²) in [7, 11) is 0. The lowest BCUT2D eigenvalue weighted by molar-refractivity contribution is -0.121. The van der Waals surface area contributed by atoms with Crippen molar-refractivity contribution < 1.29 is 4.79 Å². The number of H-pyrrole nitrogens is 2. The van der Waals surface area contributed by atoms with Gasteiger partial charge in [-0.3, -0.25) is 14.6 Å². The van der Waals surface area contributed by atoms with Gasteiger partial charge in [-0.2, -0.15) is 0 Å². The maximum Gasteiger partial charge on any atom is 0.325 e. The lowest BCUT2D eigenvalue weighted by Gasteiger charge is -2.19. The Morgan fingerprint density at radius 3 is 2.50 bits per heavy atom. The second-order valence-electron chi connectivity index (χ2n) is 5.99. The zero-order chi connectivity index (χ0) is 19.1. The quantitative estimate of drug-likeness (QED) is 0.647. The highest BCUT2D eigenvalue weighted by atomic mass is 16.2. The van der Waals surface area contributed by atoms with Crippen LogP contribution in [0.15, 0.2) is 27.9 Å². The van der Waals surface area contributed by atoms with Gasteiger partial charge in [0.25, 0.3) is 5.56 Å². The third-order valence-corrected chi connectivity index (χ3v) is 4.24. The Morgan fingerprint density at radius 2 is 1.92 bits per heavy atom. The SMILES string of the molecule is CCN(CC)c1ccc(CNC(=O)CCc2c(C)[nH]c(=O)[nH]c2=O)cn1. The Morgan fingerprint density at radius 1 is 1.19 bits per heavy atom. The van der Waals surface area contributed by atoms with Crippen LogP contribution >= 0.6 is 0 Å². The minimum Gasteiger partial charge on any atom is -0.357 e. The fourth-order valence-electron chi connectivity index (χ4n) is 2.71. The number of rotatable bonds is 8. The lowest BCUT2D eigenvalue weighted by atomic mass is 10.1. The van der Waals surface area contributed by atoms with Crippen molar-refractivity contribution in [1.82, 2.24) is 20.3 Å². The first-order valence-corrected chi connectivity index (χ1v) is 8.73. The Kier molecular flexibility index (Phi) is 6.71. The molecule has 2 aromatic rings. The molecule has 2 rings (SSSR count). The van der Waals surface area contributed by atoms with E-state index in [1.54, 1.807) is 13.1 Å². The molecule has 0 saturated carbocycles. The normalized spacial score (nSPS) is 10.6. The molecule has 0 atom stereocenters. The molecule has 8 nitrogen and oxygen atoms in total. The number of nitrogens with zero attached hydrogens (tertiary/aromatic N) is 2. The van der Waals surface area contributed by atoms with Crippen LogP contribution in [0.25, 0.3) is 0 Å². The highest BCUT2D eigenvalue weighted by molar-refractivity contribution is 5.76. The van der Waals surface area contributed by atoms with Gasteiger partial charge in [-0.1, -0.05) is 6.07 Å². The van der Waals surface area contributed by atoms with Gasteiger partial charge in [0.05, 0.1) is 0 Å². The molecule has 0 spiro atoms. The minimum atomic E-state index is -0.540. The van der Waals surface area contributed by atoms with Crippen molar-refractivity contribution in [2.45, 2.75) is 40.2 Å². The molecule has 2 aromatic heterocycles. The van der Waals surface area contributed by atoms with Crippen LogP contribution in [-0.2, 0) is 17.8 Å². The summed E-state index contributed by atoms with van der Waals surface area (Å²) in [6.07, 6.45) is 2.19. The Hall–Kier alpha value is -2.90. The molecule has 0 bridgehead atoms. The molecule has 0 aliphatic heterocycles. The third kappa shape index (κ3) is 5.05. The number of aromatic nitrogens is 3. The highest BCUT2D eigenvalue weighted by Gasteiger charge is 2.09. The van der Waals surface area contributed by atoms with E-state index in [4.69, 9.17) is 0 Å². The standard InChI is InChI=1S/C18H25N5O3/c1-4-23(5-2)15-8-6-13(10-19-15)11-20-16(24)9-7-14-12(3)21-18(26)22-17(14)25/h6,8,10H,4-5,7,9,11H2,1-3H3,(H,20,24)(H2,21,22,25,26). The monoisotopic (exact) mass is 359 g/mol. The molecule has 0 aliphatic carbocycles. The Bertz CT molecular complexity index is 850. The number of hydrogen-bond acceptors (Lipinski definition) is 5. The summed E-state index contributed by atoms with van der Waals surface area (Å²) in [4.78, 5) is 46.2. The van der Waals surface area contributed by atoms with E-state index in [2.05, 4.69) is 39.0 Å². The average Bonchev–Trinajstić information content (AvgIpc) is 2.61. The summed E-state index contributed by atoms with van der Waals surface area (Å²) in [5, 5.41) is 2.82. The number of anilines is 1. The highest BCUT2D eigenvalue weighted by Crippen LogP contribution is 2.10. The summed E-state index contributed by atoms with van der Waals surface area (Å²) in [5.41, 5.74) is 0.830. The molecular formula is C18H25N5O3. The maximum atomic E-state index is 12.0. The number of carbonyl (C=O) groups excluding carboxylic acids is 1. The number of hydrogen-bond donors (Lipinski definition) is 3. The van der Waals surface area contributed by atoms with Crippen molar-refractivity contribution in [1.29, 1.82) is 0 Å². The van der Waals surface area contributed by atoms with Crippen LogP contribution in [0.1, 0.15) is 37.1 Å². The number of carbonyl (C=O) groups is 1. The van der Waals surface area contributed by atoms with Crippen molar-refractivity contribution in [3.63, 3.8) is 0 Å². The molecule has 1 amide bonds. The fraction of sp³-hybridized carbons (Fsp3) is 0.444. The molecule has 0 radical (unpaired) electrons. The molecule has 0 aliphatic rings. The van der Waals surface area contributed by atoms with Gasteiger partial charge in [-0.15, -0.1) is 0 Å². The average molecular weight is 359 g/mol. The summed E-state index contributed by atoms with van der Waals surface area (Å²) >= 11 is 0. The van der Waals surface area contributed by atoms with E-state index in [0.717, 1.165) is 24.5 Å². The van der Waals surface area contributed by atoms with Gasteiger partial charge < -0.3 is 15.2 Å². The Balaban J connectivity index is 1.87. The zero-order valence-electron chi connectivity index (χ0n) is 15.4. The molecule has 26 heavy (non-hydrogen) atoms. The largest absolute Gasteiger partial charge is 0.357 e. The van der Waals surface area contributed by atoms with E-state index < -0.39 is 11.2 Å². The van der Waals surface area contributed by atoms with Gasteiger partial charge in [0.1, 0.15) is 5.82 Å². The van der Waals surface area contributed by atoms with E-state index in [9.17, 15) is 14.4 Å². The molecule has 0 fully saturated rings. The van der Waals surface area contributed by atoms with Crippen LogP contribution in [0.4, 0.5) is 5.82 Å². The smallest absolute Gasteiger partial charge is 0.325 e. The predicted octanol–water partition coefficient (Wildman–Crippen LogP) is 0.862. The second-order valence-corrected chi connectivity index (χ2v) is 5.99. The fourth-order valence-corrected chi connectivity index (χ4v) is 2.71. The minimum absolute atomic E-state index is 0.164. The summed E-state index contributed by atoms with van der Waals surface area (Å²) in [5.74, 6) is 0.751. The van der Waals surface area contributed by atoms with Gasteiger partial charge in [-0.25, -0.2) is 9.78 Å². The first kappa shape index (κ1) is 19.4. The number of pyridine rings is 1. The van der Waals surface area contributed by atoms with Gasteiger partial charge in [0.15, 0.2) is 0 Å². The van der Waals surface area contributed by atoms with Crippen LogP contribution < -0.4 is 21.5 Å². The van der Waals surface area contributed by atoms with E-state index in [1.165, 1.54) is 0 Å². The third-order valence-electron chi connectivity index (χ3n) is 4.24. The molecule has 140 valence electrons. The molecule has 0 unspecified atom stereocenters. The summed E-state index contributed by atoms with van der Waals surface area (Å²) < 4.78 is 0. The molecular weight excluding hydrogens is 334 g/mol. The van der Waals surface area contributed by atoms with Gasteiger partial charge in [0, 0.05) is 43.5 Å². The molecule has 0 saturated heterocycles.